The van der Waals surface area contributed by atoms with E-state index in [0.717, 1.165) is 16.9 Å². The number of carbonyl (C=O) groups excluding carboxylic acids is 2. The number of amides is 3. The molecule has 0 atom stereocenters. The van der Waals surface area contributed by atoms with Gasteiger partial charge in [-0.25, -0.2) is 4.79 Å². The van der Waals surface area contributed by atoms with Crippen LogP contribution in [0.5, 0.6) is 0 Å². The van der Waals surface area contributed by atoms with Gasteiger partial charge in [0.1, 0.15) is 6.54 Å². The number of nitrogens with one attached hydrogen (secondary N) is 1. The van der Waals surface area contributed by atoms with E-state index in [1.54, 1.807) is 23.1 Å². The molecule has 6 heteroatoms. The lowest BCUT2D eigenvalue weighted by Gasteiger charge is -2.18. The van der Waals surface area contributed by atoms with Gasteiger partial charge in [-0.3, -0.25) is 9.69 Å². The van der Waals surface area contributed by atoms with Crippen molar-refractivity contribution >= 4 is 34.9 Å². The molecule has 130 valence electrons. The number of hydrogen-bond donors (Lipinski definition) is 1. The van der Waals surface area contributed by atoms with Crippen LogP contribution in [0.1, 0.15) is 11.1 Å². The van der Waals surface area contributed by atoms with Crippen molar-refractivity contribution < 1.29 is 9.59 Å². The summed E-state index contributed by atoms with van der Waals surface area (Å²) in [5.41, 5.74) is 3.77. The molecule has 0 aliphatic carbocycles. The lowest BCUT2D eigenvalue weighted by molar-refractivity contribution is -0.116. The first-order valence-corrected chi connectivity index (χ1v) is 8.51. The van der Waals surface area contributed by atoms with Gasteiger partial charge in [0.2, 0.25) is 5.91 Å². The molecule has 25 heavy (non-hydrogen) atoms. The Balaban J connectivity index is 1.62. The highest BCUT2D eigenvalue weighted by atomic mass is 35.5. The van der Waals surface area contributed by atoms with Crippen molar-refractivity contribution in [2.45, 2.75) is 13.8 Å². The van der Waals surface area contributed by atoms with Crippen LogP contribution in [0.15, 0.2) is 42.5 Å². The normalized spacial score (nSPS) is 14.1. The molecule has 3 rings (SSSR count). The smallest absolute Gasteiger partial charge is 0.325 e. The summed E-state index contributed by atoms with van der Waals surface area (Å²) < 4.78 is 0. The van der Waals surface area contributed by atoms with E-state index in [1.807, 2.05) is 38.1 Å². The van der Waals surface area contributed by atoms with Gasteiger partial charge in [0.05, 0.1) is 0 Å². The highest BCUT2D eigenvalue weighted by molar-refractivity contribution is 6.30. The van der Waals surface area contributed by atoms with Crippen LogP contribution in [-0.4, -0.2) is 36.5 Å². The van der Waals surface area contributed by atoms with Crippen LogP contribution in [0.2, 0.25) is 5.02 Å². The Kier molecular flexibility index (Phi) is 4.95. The minimum atomic E-state index is -0.204. The van der Waals surface area contributed by atoms with Crippen LogP contribution in [0, 0.1) is 13.8 Å². The third-order valence-corrected chi connectivity index (χ3v) is 4.58. The van der Waals surface area contributed by atoms with E-state index in [-0.39, 0.29) is 18.5 Å². The van der Waals surface area contributed by atoms with Crippen molar-refractivity contribution in [3.05, 3.63) is 58.6 Å². The first-order chi connectivity index (χ1) is 11.9. The minimum absolute atomic E-state index is 0.0306. The Morgan fingerprint density at radius 2 is 1.92 bits per heavy atom. The SMILES string of the molecule is Cc1ccc(NC(=O)CN2CCN(c3cccc(Cl)c3)C2=O)cc1C. The molecule has 1 saturated heterocycles. The second-order valence-electron chi connectivity index (χ2n) is 6.18. The van der Waals surface area contributed by atoms with E-state index >= 15 is 0 Å². The predicted octanol–water partition coefficient (Wildman–Crippen LogP) is 3.84. The molecule has 5 nitrogen and oxygen atoms in total. The van der Waals surface area contributed by atoms with Gasteiger partial charge in [0, 0.05) is 29.5 Å². The van der Waals surface area contributed by atoms with Gasteiger partial charge in [-0.2, -0.15) is 0 Å². The molecule has 0 radical (unpaired) electrons. The van der Waals surface area contributed by atoms with Gasteiger partial charge in [-0.1, -0.05) is 23.7 Å². The summed E-state index contributed by atoms with van der Waals surface area (Å²) >= 11 is 5.99. The lowest BCUT2D eigenvalue weighted by atomic mass is 10.1. The Morgan fingerprint density at radius 3 is 2.64 bits per heavy atom. The van der Waals surface area contributed by atoms with Crippen molar-refractivity contribution in [1.29, 1.82) is 0 Å². The summed E-state index contributed by atoms with van der Waals surface area (Å²) in [5.74, 6) is -0.204. The molecule has 0 bridgehead atoms. The third-order valence-electron chi connectivity index (χ3n) is 4.34. The van der Waals surface area contributed by atoms with Crippen LogP contribution in [0.25, 0.3) is 0 Å². The molecule has 0 spiro atoms. The summed E-state index contributed by atoms with van der Waals surface area (Å²) in [5, 5.41) is 3.43. The largest absolute Gasteiger partial charge is 0.325 e. The lowest BCUT2D eigenvalue weighted by Crippen LogP contribution is -2.37. The summed E-state index contributed by atoms with van der Waals surface area (Å²) in [6.45, 7) is 5.09. The zero-order chi connectivity index (χ0) is 18.0. The van der Waals surface area contributed by atoms with E-state index in [0.29, 0.717) is 18.1 Å². The molecule has 0 aromatic heterocycles. The first-order valence-electron chi connectivity index (χ1n) is 8.13. The first kappa shape index (κ1) is 17.3. The zero-order valence-corrected chi connectivity index (χ0v) is 15.0. The summed E-state index contributed by atoms with van der Waals surface area (Å²) in [6, 6.07) is 12.7. The fourth-order valence-corrected chi connectivity index (χ4v) is 2.99. The van der Waals surface area contributed by atoms with Crippen molar-refractivity contribution in [2.24, 2.45) is 0 Å². The Bertz CT molecular complexity index is 822. The van der Waals surface area contributed by atoms with E-state index in [2.05, 4.69) is 5.32 Å². The number of urea groups is 1. The van der Waals surface area contributed by atoms with Crippen molar-refractivity contribution in [2.75, 3.05) is 29.9 Å². The fourth-order valence-electron chi connectivity index (χ4n) is 2.81. The van der Waals surface area contributed by atoms with Crippen LogP contribution < -0.4 is 10.2 Å². The van der Waals surface area contributed by atoms with Gasteiger partial charge in [0.15, 0.2) is 0 Å². The van der Waals surface area contributed by atoms with E-state index in [9.17, 15) is 9.59 Å². The zero-order valence-electron chi connectivity index (χ0n) is 14.3. The van der Waals surface area contributed by atoms with Crippen molar-refractivity contribution in [3.63, 3.8) is 0 Å². The second kappa shape index (κ2) is 7.15. The van der Waals surface area contributed by atoms with Crippen LogP contribution in [0.4, 0.5) is 16.2 Å². The van der Waals surface area contributed by atoms with Gasteiger partial charge in [-0.15, -0.1) is 0 Å². The summed E-state index contributed by atoms with van der Waals surface area (Å²) in [4.78, 5) is 28.0. The molecule has 1 fully saturated rings. The Morgan fingerprint density at radius 1 is 1.12 bits per heavy atom. The number of carbonyl (C=O) groups is 2. The maximum atomic E-state index is 12.5. The molecule has 0 saturated carbocycles. The van der Waals surface area contributed by atoms with Crippen LogP contribution >= 0.6 is 11.6 Å². The van der Waals surface area contributed by atoms with Gasteiger partial charge in [-0.05, 0) is 55.3 Å². The molecule has 2 aromatic rings. The highest BCUT2D eigenvalue weighted by Crippen LogP contribution is 2.23. The molecule has 1 aliphatic heterocycles. The predicted molar refractivity (Wildman–Crippen MR) is 100 cm³/mol. The second-order valence-corrected chi connectivity index (χ2v) is 6.62. The number of nitrogens with zero attached hydrogens (tertiary/aromatic N) is 2. The molecule has 3 amide bonds. The van der Waals surface area contributed by atoms with Crippen molar-refractivity contribution in [1.82, 2.24) is 4.90 Å². The molecule has 2 aromatic carbocycles. The number of benzene rings is 2. The average Bonchev–Trinajstić information content (AvgIpc) is 2.92. The molecule has 0 unspecified atom stereocenters. The minimum Gasteiger partial charge on any atom is -0.325 e. The van der Waals surface area contributed by atoms with E-state index < -0.39 is 0 Å². The highest BCUT2D eigenvalue weighted by Gasteiger charge is 2.30. The molecular weight excluding hydrogens is 338 g/mol. The standard InChI is InChI=1S/C19H20ClN3O2/c1-13-6-7-16(10-14(13)2)21-18(24)12-22-8-9-23(19(22)25)17-5-3-4-15(20)11-17/h3-7,10-11H,8-9,12H2,1-2H3,(H,21,24). The van der Waals surface area contributed by atoms with Gasteiger partial charge >= 0.3 is 6.03 Å². The van der Waals surface area contributed by atoms with Crippen LogP contribution in [0.3, 0.4) is 0 Å². The Hall–Kier alpha value is -2.53. The monoisotopic (exact) mass is 357 g/mol. The number of halogens is 1. The quantitative estimate of drug-likeness (QED) is 0.903. The number of aryl methyl sites for hydroxylation is 2. The van der Waals surface area contributed by atoms with Gasteiger partial charge < -0.3 is 10.2 Å². The maximum absolute atomic E-state index is 12.5. The van der Waals surface area contributed by atoms with E-state index in [1.165, 1.54) is 10.5 Å². The van der Waals surface area contributed by atoms with Crippen LogP contribution in [-0.2, 0) is 4.79 Å². The molecule has 1 N–H and O–H groups in total. The number of rotatable bonds is 4. The third kappa shape index (κ3) is 3.94. The fraction of sp³-hybridized carbons (Fsp3) is 0.263. The maximum Gasteiger partial charge on any atom is 0.325 e. The topological polar surface area (TPSA) is 52.7 Å². The molecular formula is C19H20ClN3O2. The average molecular weight is 358 g/mol. The number of hydrogen-bond acceptors (Lipinski definition) is 2. The van der Waals surface area contributed by atoms with Gasteiger partial charge in [0.25, 0.3) is 0 Å². The van der Waals surface area contributed by atoms with Crippen molar-refractivity contribution in [3.8, 4) is 0 Å². The Labute approximate surface area is 152 Å². The molecule has 1 aliphatic rings. The summed E-state index contributed by atoms with van der Waals surface area (Å²) in [6.07, 6.45) is 0. The van der Waals surface area contributed by atoms with E-state index in [4.69, 9.17) is 11.6 Å². The molecule has 1 heterocycles. The number of anilines is 2. The summed E-state index contributed by atoms with van der Waals surface area (Å²) in [7, 11) is 0.